The third-order valence-electron chi connectivity index (χ3n) is 2.21. The summed E-state index contributed by atoms with van der Waals surface area (Å²) in [7, 11) is 0. The number of halogens is 2. The Bertz CT molecular complexity index is 590. The molecular formula is C13H8BrFN2. The molecule has 0 spiro atoms. The Balaban J connectivity index is 2.34. The first kappa shape index (κ1) is 11.6. The number of rotatable bonds is 2. The average molecular weight is 291 g/mol. The molecule has 0 aliphatic heterocycles. The molecule has 0 atom stereocenters. The van der Waals surface area contributed by atoms with Gasteiger partial charge in [-0.15, -0.1) is 0 Å². The maximum atomic E-state index is 13.0. The Morgan fingerprint density at radius 1 is 1.18 bits per heavy atom. The van der Waals surface area contributed by atoms with E-state index in [0.717, 1.165) is 10.2 Å². The Hall–Kier alpha value is -1.86. The molecule has 0 saturated carbocycles. The van der Waals surface area contributed by atoms with Crippen LogP contribution in [-0.2, 0) is 0 Å². The van der Waals surface area contributed by atoms with Gasteiger partial charge >= 0.3 is 0 Å². The van der Waals surface area contributed by atoms with Crippen LogP contribution in [-0.4, -0.2) is 0 Å². The molecule has 1 N–H and O–H groups in total. The standard InChI is InChI=1S/C13H8BrFN2/c14-10-2-1-3-12(7-10)17-13-5-4-11(15)6-9(13)8-16/h1-7,17H. The zero-order chi connectivity index (χ0) is 12.3. The predicted octanol–water partition coefficient (Wildman–Crippen LogP) is 4.20. The van der Waals surface area contributed by atoms with Gasteiger partial charge < -0.3 is 5.32 Å². The highest BCUT2D eigenvalue weighted by Crippen LogP contribution is 2.23. The van der Waals surface area contributed by atoms with Gasteiger partial charge in [0.1, 0.15) is 11.9 Å². The van der Waals surface area contributed by atoms with E-state index in [1.165, 1.54) is 12.1 Å². The molecule has 2 aromatic carbocycles. The first-order valence-electron chi connectivity index (χ1n) is 4.91. The van der Waals surface area contributed by atoms with Crippen molar-refractivity contribution in [3.05, 3.63) is 58.3 Å². The lowest BCUT2D eigenvalue weighted by Crippen LogP contribution is -1.94. The summed E-state index contributed by atoms with van der Waals surface area (Å²) in [6.45, 7) is 0. The molecule has 0 fully saturated rings. The predicted molar refractivity (Wildman–Crippen MR) is 68.5 cm³/mol. The summed E-state index contributed by atoms with van der Waals surface area (Å²) in [6.07, 6.45) is 0. The molecule has 17 heavy (non-hydrogen) atoms. The monoisotopic (exact) mass is 290 g/mol. The first-order valence-corrected chi connectivity index (χ1v) is 5.70. The molecule has 0 unspecified atom stereocenters. The minimum absolute atomic E-state index is 0.282. The maximum Gasteiger partial charge on any atom is 0.124 e. The van der Waals surface area contributed by atoms with Gasteiger partial charge in [0, 0.05) is 10.2 Å². The van der Waals surface area contributed by atoms with Crippen LogP contribution in [0.1, 0.15) is 5.56 Å². The van der Waals surface area contributed by atoms with Crippen LogP contribution in [0, 0.1) is 17.1 Å². The second kappa shape index (κ2) is 4.98. The summed E-state index contributed by atoms with van der Waals surface area (Å²) < 4.78 is 13.9. The number of nitriles is 1. The summed E-state index contributed by atoms with van der Waals surface area (Å²) in [5.74, 6) is -0.415. The number of anilines is 2. The molecule has 0 saturated heterocycles. The second-order valence-corrected chi connectivity index (χ2v) is 4.35. The maximum absolute atomic E-state index is 13.0. The van der Waals surface area contributed by atoms with E-state index in [9.17, 15) is 4.39 Å². The van der Waals surface area contributed by atoms with Crippen LogP contribution >= 0.6 is 15.9 Å². The van der Waals surface area contributed by atoms with Gasteiger partial charge in [0.15, 0.2) is 0 Å². The minimum Gasteiger partial charge on any atom is -0.354 e. The zero-order valence-corrected chi connectivity index (χ0v) is 10.3. The van der Waals surface area contributed by atoms with Crippen molar-refractivity contribution in [3.63, 3.8) is 0 Å². The fraction of sp³-hybridized carbons (Fsp3) is 0. The Morgan fingerprint density at radius 2 is 2.00 bits per heavy atom. The number of hydrogen-bond acceptors (Lipinski definition) is 2. The molecule has 4 heteroatoms. The van der Waals surface area contributed by atoms with E-state index in [1.54, 1.807) is 6.07 Å². The fourth-order valence-electron chi connectivity index (χ4n) is 1.44. The minimum atomic E-state index is -0.415. The third kappa shape index (κ3) is 2.83. The SMILES string of the molecule is N#Cc1cc(F)ccc1Nc1cccc(Br)c1. The van der Waals surface area contributed by atoms with Crippen molar-refractivity contribution in [3.8, 4) is 6.07 Å². The van der Waals surface area contributed by atoms with E-state index < -0.39 is 5.82 Å². The van der Waals surface area contributed by atoms with Gasteiger partial charge in [-0.3, -0.25) is 0 Å². The summed E-state index contributed by atoms with van der Waals surface area (Å²) in [5.41, 5.74) is 1.71. The molecule has 0 heterocycles. The zero-order valence-electron chi connectivity index (χ0n) is 8.74. The van der Waals surface area contributed by atoms with Crippen LogP contribution in [0.2, 0.25) is 0 Å². The van der Waals surface area contributed by atoms with Crippen molar-refractivity contribution in [2.45, 2.75) is 0 Å². The fourth-order valence-corrected chi connectivity index (χ4v) is 1.84. The molecule has 84 valence electrons. The molecule has 0 aromatic heterocycles. The summed E-state index contributed by atoms with van der Waals surface area (Å²) in [6, 6.07) is 13.6. The van der Waals surface area contributed by atoms with Gasteiger partial charge in [-0.2, -0.15) is 5.26 Å². The van der Waals surface area contributed by atoms with E-state index in [0.29, 0.717) is 5.69 Å². The number of nitrogens with zero attached hydrogens (tertiary/aromatic N) is 1. The lowest BCUT2D eigenvalue weighted by Gasteiger charge is -2.08. The van der Waals surface area contributed by atoms with Crippen molar-refractivity contribution in [2.75, 3.05) is 5.32 Å². The highest BCUT2D eigenvalue weighted by atomic mass is 79.9. The lowest BCUT2D eigenvalue weighted by molar-refractivity contribution is 0.627. The molecule has 2 aromatic rings. The Morgan fingerprint density at radius 3 is 2.71 bits per heavy atom. The molecular weight excluding hydrogens is 283 g/mol. The lowest BCUT2D eigenvalue weighted by atomic mass is 10.2. The first-order chi connectivity index (χ1) is 8.19. The normalized spacial score (nSPS) is 9.71. The van der Waals surface area contributed by atoms with Gasteiger partial charge in [-0.25, -0.2) is 4.39 Å². The molecule has 2 nitrogen and oxygen atoms in total. The van der Waals surface area contributed by atoms with Crippen molar-refractivity contribution >= 4 is 27.3 Å². The molecule has 0 bridgehead atoms. The number of nitrogens with one attached hydrogen (secondary N) is 1. The quantitative estimate of drug-likeness (QED) is 0.900. The van der Waals surface area contributed by atoms with Gasteiger partial charge in [0.25, 0.3) is 0 Å². The van der Waals surface area contributed by atoms with Gasteiger partial charge in [-0.1, -0.05) is 22.0 Å². The topological polar surface area (TPSA) is 35.8 Å². The smallest absolute Gasteiger partial charge is 0.124 e. The van der Waals surface area contributed by atoms with E-state index in [1.807, 2.05) is 30.3 Å². The van der Waals surface area contributed by atoms with Crippen LogP contribution < -0.4 is 5.32 Å². The van der Waals surface area contributed by atoms with Crippen molar-refractivity contribution in [1.29, 1.82) is 5.26 Å². The molecule has 0 amide bonds. The van der Waals surface area contributed by atoms with Crippen molar-refractivity contribution < 1.29 is 4.39 Å². The van der Waals surface area contributed by atoms with Crippen LogP contribution in [0.25, 0.3) is 0 Å². The largest absolute Gasteiger partial charge is 0.354 e. The highest BCUT2D eigenvalue weighted by molar-refractivity contribution is 9.10. The molecule has 0 radical (unpaired) electrons. The Kier molecular flexibility index (Phi) is 3.40. The number of hydrogen-bond donors (Lipinski definition) is 1. The molecule has 2 rings (SSSR count). The summed E-state index contributed by atoms with van der Waals surface area (Å²) in [4.78, 5) is 0. The average Bonchev–Trinajstić information content (AvgIpc) is 2.31. The van der Waals surface area contributed by atoms with E-state index in [4.69, 9.17) is 5.26 Å². The van der Waals surface area contributed by atoms with E-state index in [2.05, 4.69) is 21.2 Å². The van der Waals surface area contributed by atoms with Crippen LogP contribution in [0.5, 0.6) is 0 Å². The summed E-state index contributed by atoms with van der Waals surface area (Å²) in [5, 5.41) is 12.0. The highest BCUT2D eigenvalue weighted by Gasteiger charge is 2.04. The molecule has 0 aliphatic carbocycles. The van der Waals surface area contributed by atoms with E-state index in [-0.39, 0.29) is 5.56 Å². The van der Waals surface area contributed by atoms with Crippen LogP contribution in [0.15, 0.2) is 46.9 Å². The third-order valence-corrected chi connectivity index (χ3v) is 2.70. The van der Waals surface area contributed by atoms with Crippen molar-refractivity contribution in [1.82, 2.24) is 0 Å². The van der Waals surface area contributed by atoms with Gasteiger partial charge in [0.05, 0.1) is 11.3 Å². The summed E-state index contributed by atoms with van der Waals surface area (Å²) >= 11 is 3.36. The Labute approximate surface area is 107 Å². The van der Waals surface area contributed by atoms with Crippen LogP contribution in [0.3, 0.4) is 0 Å². The number of benzene rings is 2. The van der Waals surface area contributed by atoms with Gasteiger partial charge in [-0.05, 0) is 36.4 Å². The van der Waals surface area contributed by atoms with Crippen LogP contribution in [0.4, 0.5) is 15.8 Å². The van der Waals surface area contributed by atoms with Gasteiger partial charge in [0.2, 0.25) is 0 Å². The van der Waals surface area contributed by atoms with Crippen molar-refractivity contribution in [2.24, 2.45) is 0 Å². The molecule has 0 aliphatic rings. The van der Waals surface area contributed by atoms with E-state index >= 15 is 0 Å². The second-order valence-electron chi connectivity index (χ2n) is 3.44.